The van der Waals surface area contributed by atoms with Crippen LogP contribution in [0.15, 0.2) is 34.9 Å². The standard InChI is InChI=1S/C16H19N5O.ClH/c1-10-4-6-12(7-5-10)13-9-14(20-19-13)16-18-15(21-22-16)8-11(2)17-3;/h4-7,9,11,17H,8H2,1-3H3,(H,19,20);1H. The summed E-state index contributed by atoms with van der Waals surface area (Å²) in [5, 5.41) is 14.4. The highest BCUT2D eigenvalue weighted by Gasteiger charge is 2.14. The average molecular weight is 334 g/mol. The van der Waals surface area contributed by atoms with Crippen molar-refractivity contribution in [3.8, 4) is 22.8 Å². The first-order chi connectivity index (χ1) is 10.7. The second kappa shape index (κ2) is 7.39. The normalized spacial score (nSPS) is 12.0. The SMILES string of the molecule is CNC(C)Cc1noc(-c2cc(-c3ccc(C)cc3)n[nH]2)n1.Cl. The van der Waals surface area contributed by atoms with E-state index in [1.54, 1.807) is 0 Å². The number of aromatic nitrogens is 4. The van der Waals surface area contributed by atoms with E-state index in [4.69, 9.17) is 4.52 Å². The minimum atomic E-state index is 0. The van der Waals surface area contributed by atoms with E-state index in [1.165, 1.54) is 5.56 Å². The van der Waals surface area contributed by atoms with Crippen LogP contribution in [0, 0.1) is 6.92 Å². The first kappa shape index (κ1) is 17.2. The Labute approximate surface area is 141 Å². The van der Waals surface area contributed by atoms with Gasteiger partial charge in [-0.1, -0.05) is 35.0 Å². The lowest BCUT2D eigenvalue weighted by molar-refractivity contribution is 0.417. The van der Waals surface area contributed by atoms with Crippen LogP contribution >= 0.6 is 12.4 Å². The molecule has 0 saturated carbocycles. The van der Waals surface area contributed by atoms with Crippen LogP contribution in [0.3, 0.4) is 0 Å². The fourth-order valence-corrected chi connectivity index (χ4v) is 2.13. The van der Waals surface area contributed by atoms with Gasteiger partial charge in [0.15, 0.2) is 5.82 Å². The molecule has 7 heteroatoms. The van der Waals surface area contributed by atoms with Gasteiger partial charge in [0.1, 0.15) is 5.69 Å². The van der Waals surface area contributed by atoms with Crippen molar-refractivity contribution in [2.45, 2.75) is 26.3 Å². The number of H-pyrrole nitrogens is 1. The Kier molecular flexibility index (Phi) is 5.52. The maximum Gasteiger partial charge on any atom is 0.275 e. The lowest BCUT2D eigenvalue weighted by atomic mass is 10.1. The lowest BCUT2D eigenvalue weighted by Gasteiger charge is -2.04. The molecule has 3 aromatic rings. The van der Waals surface area contributed by atoms with E-state index in [1.807, 2.05) is 25.2 Å². The highest BCUT2D eigenvalue weighted by Crippen LogP contribution is 2.23. The fraction of sp³-hybridized carbons (Fsp3) is 0.312. The molecule has 2 aromatic heterocycles. The van der Waals surface area contributed by atoms with Crippen molar-refractivity contribution >= 4 is 12.4 Å². The summed E-state index contributed by atoms with van der Waals surface area (Å²) in [6.07, 6.45) is 0.721. The molecule has 23 heavy (non-hydrogen) atoms. The number of hydrogen-bond acceptors (Lipinski definition) is 5. The molecule has 0 aliphatic heterocycles. The molecule has 0 spiro atoms. The van der Waals surface area contributed by atoms with E-state index in [0.717, 1.165) is 23.4 Å². The molecule has 1 aromatic carbocycles. The van der Waals surface area contributed by atoms with Crippen LogP contribution in [0.4, 0.5) is 0 Å². The smallest absolute Gasteiger partial charge is 0.275 e. The molecule has 6 nitrogen and oxygen atoms in total. The summed E-state index contributed by atoms with van der Waals surface area (Å²) in [4.78, 5) is 4.40. The van der Waals surface area contributed by atoms with Gasteiger partial charge < -0.3 is 9.84 Å². The van der Waals surface area contributed by atoms with Crippen LogP contribution in [-0.4, -0.2) is 33.4 Å². The van der Waals surface area contributed by atoms with Crippen molar-refractivity contribution in [1.82, 2.24) is 25.7 Å². The van der Waals surface area contributed by atoms with Gasteiger partial charge in [0, 0.05) is 18.0 Å². The quantitative estimate of drug-likeness (QED) is 0.750. The molecule has 0 fully saturated rings. The number of nitrogens with one attached hydrogen (secondary N) is 2. The van der Waals surface area contributed by atoms with Crippen LogP contribution in [0.5, 0.6) is 0 Å². The number of hydrogen-bond donors (Lipinski definition) is 2. The van der Waals surface area contributed by atoms with Gasteiger partial charge >= 0.3 is 0 Å². The van der Waals surface area contributed by atoms with E-state index in [2.05, 4.69) is 51.6 Å². The minimum Gasteiger partial charge on any atom is -0.332 e. The largest absolute Gasteiger partial charge is 0.332 e. The number of rotatable bonds is 5. The molecule has 0 aliphatic rings. The van der Waals surface area contributed by atoms with Crippen LogP contribution < -0.4 is 5.32 Å². The Morgan fingerprint density at radius 1 is 1.26 bits per heavy atom. The Hall–Kier alpha value is -2.18. The molecule has 3 rings (SSSR count). The van der Waals surface area contributed by atoms with E-state index < -0.39 is 0 Å². The Balaban J connectivity index is 0.00000192. The van der Waals surface area contributed by atoms with Gasteiger partial charge in [-0.3, -0.25) is 5.10 Å². The van der Waals surface area contributed by atoms with Crippen LogP contribution in [0.25, 0.3) is 22.8 Å². The second-order valence-corrected chi connectivity index (χ2v) is 5.44. The van der Waals surface area contributed by atoms with Crippen molar-refractivity contribution in [3.05, 3.63) is 41.7 Å². The Bertz CT molecular complexity index is 750. The van der Waals surface area contributed by atoms with Gasteiger partial charge in [-0.25, -0.2) is 0 Å². The molecule has 0 aliphatic carbocycles. The zero-order chi connectivity index (χ0) is 15.5. The molecular formula is C16H20ClN5O. The highest BCUT2D eigenvalue weighted by atomic mass is 35.5. The number of aryl methyl sites for hydroxylation is 1. The zero-order valence-electron chi connectivity index (χ0n) is 13.3. The molecule has 2 N–H and O–H groups in total. The maximum absolute atomic E-state index is 5.30. The van der Waals surface area contributed by atoms with Gasteiger partial charge in [-0.2, -0.15) is 10.1 Å². The molecule has 2 heterocycles. The summed E-state index contributed by atoms with van der Waals surface area (Å²) >= 11 is 0. The monoisotopic (exact) mass is 333 g/mol. The highest BCUT2D eigenvalue weighted by molar-refractivity contribution is 5.85. The van der Waals surface area contributed by atoms with Gasteiger partial charge in [0.2, 0.25) is 0 Å². The molecule has 0 saturated heterocycles. The number of likely N-dealkylation sites (N-methyl/N-ethyl adjacent to an activating group) is 1. The maximum atomic E-state index is 5.30. The van der Waals surface area contributed by atoms with Gasteiger partial charge in [-0.15, -0.1) is 12.4 Å². The molecule has 0 radical (unpaired) electrons. The van der Waals surface area contributed by atoms with Crippen LogP contribution in [-0.2, 0) is 6.42 Å². The van der Waals surface area contributed by atoms with Gasteiger partial charge in [-0.05, 0) is 27.0 Å². The summed E-state index contributed by atoms with van der Waals surface area (Å²) in [7, 11) is 1.91. The van der Waals surface area contributed by atoms with Crippen molar-refractivity contribution in [1.29, 1.82) is 0 Å². The molecule has 1 unspecified atom stereocenters. The second-order valence-electron chi connectivity index (χ2n) is 5.44. The van der Waals surface area contributed by atoms with Gasteiger partial charge in [0.25, 0.3) is 5.89 Å². The summed E-state index contributed by atoms with van der Waals surface area (Å²) in [5.41, 5.74) is 3.86. The molecule has 0 bridgehead atoms. The van der Waals surface area contributed by atoms with Crippen molar-refractivity contribution in [2.24, 2.45) is 0 Å². The molecular weight excluding hydrogens is 314 g/mol. The third-order valence-corrected chi connectivity index (χ3v) is 3.61. The molecule has 0 amide bonds. The van der Waals surface area contributed by atoms with Crippen LogP contribution in [0.1, 0.15) is 18.3 Å². The number of nitrogens with zero attached hydrogens (tertiary/aromatic N) is 3. The summed E-state index contributed by atoms with van der Waals surface area (Å²) in [6, 6.07) is 10.4. The number of halogens is 1. The zero-order valence-corrected chi connectivity index (χ0v) is 14.1. The third-order valence-electron chi connectivity index (χ3n) is 3.61. The molecule has 1 atom stereocenters. The average Bonchev–Trinajstić information content (AvgIpc) is 3.17. The fourth-order valence-electron chi connectivity index (χ4n) is 2.13. The minimum absolute atomic E-state index is 0. The Morgan fingerprint density at radius 2 is 2.00 bits per heavy atom. The lowest BCUT2D eigenvalue weighted by Crippen LogP contribution is -2.24. The summed E-state index contributed by atoms with van der Waals surface area (Å²) in [6.45, 7) is 4.13. The van der Waals surface area contributed by atoms with Crippen molar-refractivity contribution < 1.29 is 4.52 Å². The predicted molar refractivity (Wildman–Crippen MR) is 91.5 cm³/mol. The summed E-state index contributed by atoms with van der Waals surface area (Å²) < 4.78 is 5.30. The van der Waals surface area contributed by atoms with E-state index >= 15 is 0 Å². The van der Waals surface area contributed by atoms with Crippen molar-refractivity contribution in [2.75, 3.05) is 7.05 Å². The third kappa shape index (κ3) is 3.97. The Morgan fingerprint density at radius 3 is 2.70 bits per heavy atom. The summed E-state index contributed by atoms with van der Waals surface area (Å²) in [5.74, 6) is 1.15. The number of benzene rings is 1. The first-order valence-corrected chi connectivity index (χ1v) is 7.28. The van der Waals surface area contributed by atoms with E-state index in [9.17, 15) is 0 Å². The van der Waals surface area contributed by atoms with Crippen molar-refractivity contribution in [3.63, 3.8) is 0 Å². The topological polar surface area (TPSA) is 79.6 Å². The number of aromatic amines is 1. The first-order valence-electron chi connectivity index (χ1n) is 7.28. The van der Waals surface area contributed by atoms with Crippen LogP contribution in [0.2, 0.25) is 0 Å². The predicted octanol–water partition coefficient (Wildman–Crippen LogP) is 3.01. The van der Waals surface area contributed by atoms with E-state index in [-0.39, 0.29) is 12.4 Å². The van der Waals surface area contributed by atoms with Gasteiger partial charge in [0.05, 0.1) is 5.69 Å². The molecule has 122 valence electrons. The van der Waals surface area contributed by atoms with E-state index in [0.29, 0.717) is 17.8 Å².